The number of amides is 4. The number of hydrogen-bond donors (Lipinski definition) is 1. The molecule has 0 bridgehead atoms. The summed E-state index contributed by atoms with van der Waals surface area (Å²) in [6.45, 7) is 0.176. The first kappa shape index (κ1) is 25.8. The van der Waals surface area contributed by atoms with Gasteiger partial charge < -0.3 is 14.8 Å². The van der Waals surface area contributed by atoms with Gasteiger partial charge in [-0.3, -0.25) is 19.4 Å². The molecule has 0 aliphatic carbocycles. The van der Waals surface area contributed by atoms with Crippen molar-refractivity contribution in [1.82, 2.24) is 14.8 Å². The fraction of sp³-hybridized carbons (Fsp3) is 0.364. The zero-order valence-corrected chi connectivity index (χ0v) is 20.8. The van der Waals surface area contributed by atoms with Gasteiger partial charge in [-0.15, -0.1) is 11.3 Å². The predicted octanol–water partition coefficient (Wildman–Crippen LogP) is 4.50. The van der Waals surface area contributed by atoms with Crippen molar-refractivity contribution in [1.29, 1.82) is 0 Å². The monoisotopic (exact) mass is 544 g/mol. The minimum atomic E-state index is -4.49. The summed E-state index contributed by atoms with van der Waals surface area (Å²) in [6.07, 6.45) is -5.43. The standard InChI is InChI=1S/C22H20ClF3N4O5S/c1-10-12(17-18(32)29(2)21(33)30(3)19(17)35-10)7-16(31)28-20-27-14(8-36-20)11-4-5-15(13(23)6-11)34-9-22(24,25)26/h4-6,8,17,19H,7,9H2,1-3H3,(H,27,28,31). The number of hydrogen-bond acceptors (Lipinski definition) is 7. The van der Waals surface area contributed by atoms with Crippen molar-refractivity contribution in [3.8, 4) is 17.0 Å². The molecular weight excluding hydrogens is 525 g/mol. The minimum absolute atomic E-state index is 0.0147. The van der Waals surface area contributed by atoms with E-state index in [4.69, 9.17) is 21.1 Å². The number of anilines is 1. The van der Waals surface area contributed by atoms with Gasteiger partial charge >= 0.3 is 12.2 Å². The highest BCUT2D eigenvalue weighted by molar-refractivity contribution is 7.14. The molecule has 2 aliphatic rings. The Balaban J connectivity index is 1.42. The van der Waals surface area contributed by atoms with Crippen molar-refractivity contribution in [3.63, 3.8) is 0 Å². The topological polar surface area (TPSA) is 101 Å². The molecule has 4 rings (SSSR count). The van der Waals surface area contributed by atoms with Gasteiger partial charge in [-0.25, -0.2) is 9.78 Å². The van der Waals surface area contributed by atoms with E-state index in [9.17, 15) is 27.6 Å². The van der Waals surface area contributed by atoms with Crippen molar-refractivity contribution in [3.05, 3.63) is 39.9 Å². The van der Waals surface area contributed by atoms with E-state index in [-0.39, 0.29) is 22.3 Å². The van der Waals surface area contributed by atoms with Gasteiger partial charge in [0.1, 0.15) is 11.7 Å². The van der Waals surface area contributed by atoms with E-state index in [2.05, 4.69) is 10.3 Å². The number of urea groups is 1. The molecule has 2 unspecified atom stereocenters. The fourth-order valence-electron chi connectivity index (χ4n) is 3.91. The summed E-state index contributed by atoms with van der Waals surface area (Å²) < 4.78 is 47.5. The number of nitrogens with zero attached hydrogens (tertiary/aromatic N) is 3. The van der Waals surface area contributed by atoms with Crippen LogP contribution in [0.15, 0.2) is 34.9 Å². The van der Waals surface area contributed by atoms with Crippen molar-refractivity contribution in [2.75, 3.05) is 26.0 Å². The highest BCUT2D eigenvalue weighted by Gasteiger charge is 2.51. The molecule has 1 aromatic carbocycles. The van der Waals surface area contributed by atoms with Gasteiger partial charge in [0.2, 0.25) is 11.8 Å². The molecule has 192 valence electrons. The van der Waals surface area contributed by atoms with Gasteiger partial charge in [-0.05, 0) is 30.7 Å². The minimum Gasteiger partial charge on any atom is -0.483 e. The third kappa shape index (κ3) is 5.12. The Hall–Kier alpha value is -3.32. The zero-order valence-electron chi connectivity index (χ0n) is 19.2. The number of carbonyl (C=O) groups is 3. The van der Waals surface area contributed by atoms with Crippen LogP contribution in [0.25, 0.3) is 11.3 Å². The molecule has 0 spiro atoms. The number of alkyl halides is 3. The Morgan fingerprint density at radius 2 is 2.03 bits per heavy atom. The molecule has 4 amide bonds. The highest BCUT2D eigenvalue weighted by Crippen LogP contribution is 2.39. The molecule has 14 heteroatoms. The molecule has 9 nitrogen and oxygen atoms in total. The summed E-state index contributed by atoms with van der Waals surface area (Å²) in [7, 11) is 2.90. The molecule has 1 saturated heterocycles. The average Bonchev–Trinajstić information content (AvgIpc) is 3.39. The summed E-state index contributed by atoms with van der Waals surface area (Å²) in [5.41, 5.74) is 1.44. The lowest BCUT2D eigenvalue weighted by Crippen LogP contribution is -2.58. The van der Waals surface area contributed by atoms with Crippen LogP contribution in [0.2, 0.25) is 5.02 Å². The second-order valence-electron chi connectivity index (χ2n) is 8.17. The van der Waals surface area contributed by atoms with Gasteiger partial charge in [0.15, 0.2) is 18.0 Å². The Morgan fingerprint density at radius 3 is 2.69 bits per heavy atom. The van der Waals surface area contributed by atoms with Crippen LogP contribution in [0.1, 0.15) is 13.3 Å². The lowest BCUT2D eigenvalue weighted by Gasteiger charge is -2.37. The Kier molecular flexibility index (Phi) is 6.88. The number of thiazole rings is 1. The van der Waals surface area contributed by atoms with Gasteiger partial charge in [-0.1, -0.05) is 11.6 Å². The molecule has 36 heavy (non-hydrogen) atoms. The van der Waals surface area contributed by atoms with Crippen molar-refractivity contribution in [2.45, 2.75) is 25.7 Å². The Labute approximate surface area is 212 Å². The second-order valence-corrected chi connectivity index (χ2v) is 9.44. The molecule has 1 fully saturated rings. The van der Waals surface area contributed by atoms with E-state index in [1.54, 1.807) is 12.3 Å². The van der Waals surface area contributed by atoms with Crippen molar-refractivity contribution >= 4 is 45.9 Å². The van der Waals surface area contributed by atoms with Crippen LogP contribution in [0.4, 0.5) is 23.1 Å². The summed E-state index contributed by atoms with van der Waals surface area (Å²) in [4.78, 5) is 44.3. The number of aromatic nitrogens is 1. The number of nitrogens with one attached hydrogen (secondary N) is 1. The number of rotatable bonds is 6. The molecule has 0 radical (unpaired) electrons. The zero-order chi connectivity index (χ0) is 26.4. The van der Waals surface area contributed by atoms with E-state index >= 15 is 0 Å². The summed E-state index contributed by atoms with van der Waals surface area (Å²) in [6, 6.07) is 3.74. The lowest BCUT2D eigenvalue weighted by molar-refractivity contribution is -0.153. The molecule has 3 heterocycles. The lowest BCUT2D eigenvalue weighted by atomic mass is 9.92. The first-order valence-corrected chi connectivity index (χ1v) is 11.8. The third-order valence-electron chi connectivity index (χ3n) is 5.70. The number of halogens is 4. The number of carbonyl (C=O) groups excluding carboxylic acids is 3. The maximum absolute atomic E-state index is 12.8. The number of allylic oxidation sites excluding steroid dienone is 1. The van der Waals surface area contributed by atoms with Crippen molar-refractivity contribution < 1.29 is 37.0 Å². The molecule has 2 aliphatic heterocycles. The highest BCUT2D eigenvalue weighted by atomic mass is 35.5. The maximum Gasteiger partial charge on any atom is 0.422 e. The van der Waals surface area contributed by atoms with Crippen LogP contribution in [0.3, 0.4) is 0 Å². The fourth-order valence-corrected chi connectivity index (χ4v) is 4.88. The van der Waals surface area contributed by atoms with E-state index < -0.39 is 42.8 Å². The SMILES string of the molecule is CC1=C(CC(=O)Nc2nc(-c3ccc(OCC(F)(F)F)c(Cl)c3)cs2)C2C(=O)N(C)C(=O)N(C)C2O1. The van der Waals surface area contributed by atoms with Crippen LogP contribution < -0.4 is 10.1 Å². The number of imide groups is 1. The van der Waals surface area contributed by atoms with E-state index in [1.165, 1.54) is 37.2 Å². The molecule has 2 atom stereocenters. The quantitative estimate of drug-likeness (QED) is 0.574. The first-order valence-electron chi connectivity index (χ1n) is 10.5. The van der Waals surface area contributed by atoms with Crippen LogP contribution in [0.5, 0.6) is 5.75 Å². The molecular formula is C22H20ClF3N4O5S. The first-order chi connectivity index (χ1) is 16.9. The Bertz CT molecular complexity index is 1260. The Morgan fingerprint density at radius 1 is 1.31 bits per heavy atom. The van der Waals surface area contributed by atoms with Gasteiger partial charge in [0, 0.05) is 25.0 Å². The normalized spacial score (nSPS) is 20.0. The van der Waals surface area contributed by atoms with E-state index in [0.717, 1.165) is 16.2 Å². The van der Waals surface area contributed by atoms with Crippen LogP contribution >= 0.6 is 22.9 Å². The second kappa shape index (κ2) is 9.62. The number of fused-ring (bicyclic) bond motifs is 1. The maximum atomic E-state index is 12.8. The van der Waals surface area contributed by atoms with Gasteiger partial charge in [0.25, 0.3) is 0 Å². The van der Waals surface area contributed by atoms with Crippen LogP contribution in [0, 0.1) is 5.92 Å². The smallest absolute Gasteiger partial charge is 0.422 e. The van der Waals surface area contributed by atoms with Gasteiger partial charge in [-0.2, -0.15) is 13.2 Å². The van der Waals surface area contributed by atoms with Crippen molar-refractivity contribution in [2.24, 2.45) is 5.92 Å². The average molecular weight is 545 g/mol. The third-order valence-corrected chi connectivity index (χ3v) is 6.75. The molecule has 1 N–H and O–H groups in total. The molecule has 1 aromatic heterocycles. The largest absolute Gasteiger partial charge is 0.483 e. The van der Waals surface area contributed by atoms with Crippen LogP contribution in [-0.2, 0) is 14.3 Å². The number of ether oxygens (including phenoxy) is 2. The number of benzene rings is 1. The van der Waals surface area contributed by atoms with E-state index in [0.29, 0.717) is 22.6 Å². The van der Waals surface area contributed by atoms with Gasteiger partial charge in [0.05, 0.1) is 22.9 Å². The molecule has 0 saturated carbocycles. The summed E-state index contributed by atoms with van der Waals surface area (Å²) >= 11 is 7.18. The molecule has 2 aromatic rings. The van der Waals surface area contributed by atoms with Crippen LogP contribution in [-0.4, -0.2) is 65.7 Å². The predicted molar refractivity (Wildman–Crippen MR) is 124 cm³/mol. The summed E-state index contributed by atoms with van der Waals surface area (Å²) in [5.74, 6) is -1.36. The summed E-state index contributed by atoms with van der Waals surface area (Å²) in [5, 5.41) is 4.58. The van der Waals surface area contributed by atoms with E-state index in [1.807, 2.05) is 0 Å².